The number of hydrogen-bond donors (Lipinski definition) is 0. The number of fused-ring (bicyclic) bond motifs is 3. The minimum atomic E-state index is 0.615. The molecule has 4 aromatic rings. The van der Waals surface area contributed by atoms with E-state index in [0.717, 1.165) is 66.6 Å². The molecule has 1 fully saturated rings. The molecule has 8 heteroatoms. The maximum Gasteiger partial charge on any atom is 0.176 e. The molecule has 0 spiro atoms. The van der Waals surface area contributed by atoms with Gasteiger partial charge in [-0.3, -0.25) is 4.90 Å². The Labute approximate surface area is 192 Å². The first-order chi connectivity index (χ1) is 15.6. The fraction of sp³-hybridized carbons (Fsp3) is 0.333. The predicted molar refractivity (Wildman–Crippen MR) is 127 cm³/mol. The lowest BCUT2D eigenvalue weighted by molar-refractivity contribution is 0.249. The maximum absolute atomic E-state index is 6.52. The van der Waals surface area contributed by atoms with Crippen molar-refractivity contribution >= 4 is 34.0 Å². The van der Waals surface area contributed by atoms with Gasteiger partial charge in [0.15, 0.2) is 17.1 Å². The molecular formula is C24H26ClN5O2. The van der Waals surface area contributed by atoms with Crippen molar-refractivity contribution in [2.75, 3.05) is 45.3 Å². The summed E-state index contributed by atoms with van der Waals surface area (Å²) in [7, 11) is 3.33. The van der Waals surface area contributed by atoms with Crippen molar-refractivity contribution in [2.45, 2.75) is 13.5 Å². The van der Waals surface area contributed by atoms with Crippen LogP contribution in [0.4, 0.5) is 5.82 Å². The zero-order valence-corrected chi connectivity index (χ0v) is 19.3. The molecule has 166 valence electrons. The second-order valence-corrected chi connectivity index (χ2v) is 8.42. The molecule has 1 aliphatic heterocycles. The Morgan fingerprint density at radius 2 is 1.72 bits per heavy atom. The molecule has 32 heavy (non-hydrogen) atoms. The predicted octanol–water partition coefficient (Wildman–Crippen LogP) is 4.18. The van der Waals surface area contributed by atoms with Gasteiger partial charge in [-0.15, -0.1) is 0 Å². The van der Waals surface area contributed by atoms with E-state index < -0.39 is 0 Å². The molecule has 5 rings (SSSR count). The van der Waals surface area contributed by atoms with Crippen molar-refractivity contribution in [1.82, 2.24) is 19.5 Å². The molecular weight excluding hydrogens is 426 g/mol. The highest BCUT2D eigenvalue weighted by molar-refractivity contribution is 6.34. The lowest BCUT2D eigenvalue weighted by atomic mass is 10.1. The highest BCUT2D eigenvalue weighted by Gasteiger charge is 2.23. The summed E-state index contributed by atoms with van der Waals surface area (Å²) in [5.41, 5.74) is 3.74. The van der Waals surface area contributed by atoms with Crippen molar-refractivity contribution in [2.24, 2.45) is 0 Å². The fourth-order valence-corrected chi connectivity index (χ4v) is 4.52. The number of halogens is 1. The Morgan fingerprint density at radius 1 is 0.969 bits per heavy atom. The first-order valence-electron chi connectivity index (χ1n) is 10.7. The molecule has 1 aliphatic rings. The smallest absolute Gasteiger partial charge is 0.176 e. The van der Waals surface area contributed by atoms with Crippen LogP contribution in [0.25, 0.3) is 16.6 Å². The van der Waals surface area contributed by atoms with E-state index in [9.17, 15) is 0 Å². The summed E-state index contributed by atoms with van der Waals surface area (Å²) in [4.78, 5) is 9.75. The number of aryl methyl sites for hydroxylation is 1. The minimum Gasteiger partial charge on any atom is -0.493 e. The van der Waals surface area contributed by atoms with Crippen LogP contribution in [0.1, 0.15) is 11.3 Å². The van der Waals surface area contributed by atoms with Gasteiger partial charge in [0, 0.05) is 38.1 Å². The van der Waals surface area contributed by atoms with Gasteiger partial charge < -0.3 is 14.4 Å². The van der Waals surface area contributed by atoms with Crippen molar-refractivity contribution in [1.29, 1.82) is 0 Å². The van der Waals surface area contributed by atoms with E-state index in [1.165, 1.54) is 5.56 Å². The first-order valence-corrected chi connectivity index (χ1v) is 11.1. The average Bonchev–Trinajstić information content (AvgIpc) is 3.12. The van der Waals surface area contributed by atoms with E-state index in [-0.39, 0.29) is 0 Å². The Morgan fingerprint density at radius 3 is 2.47 bits per heavy atom. The molecule has 0 radical (unpaired) electrons. The number of para-hydroxylation sites is 1. The number of aromatic nitrogens is 3. The van der Waals surface area contributed by atoms with E-state index in [0.29, 0.717) is 10.7 Å². The van der Waals surface area contributed by atoms with Gasteiger partial charge in [-0.1, -0.05) is 29.8 Å². The molecule has 0 atom stereocenters. The highest BCUT2D eigenvalue weighted by atomic mass is 35.5. The number of benzene rings is 2. The van der Waals surface area contributed by atoms with Gasteiger partial charge in [0.1, 0.15) is 10.8 Å². The molecule has 2 aromatic carbocycles. The SMILES string of the molecule is COc1ccc(CN2CCN(c3nc4c(Cl)c(C)nn4c4ccccc34)CC2)cc1OC. The van der Waals surface area contributed by atoms with E-state index in [1.807, 2.05) is 29.6 Å². The number of hydrogen-bond acceptors (Lipinski definition) is 6. The molecule has 0 amide bonds. The van der Waals surface area contributed by atoms with Crippen LogP contribution in [0.2, 0.25) is 5.02 Å². The summed E-state index contributed by atoms with van der Waals surface area (Å²) < 4.78 is 12.7. The van der Waals surface area contributed by atoms with E-state index in [2.05, 4.69) is 39.2 Å². The van der Waals surface area contributed by atoms with Crippen LogP contribution >= 0.6 is 11.6 Å². The lowest BCUT2D eigenvalue weighted by Crippen LogP contribution is -2.46. The number of ether oxygens (including phenoxy) is 2. The Balaban J connectivity index is 1.38. The van der Waals surface area contributed by atoms with Gasteiger partial charge in [0.05, 0.1) is 25.4 Å². The van der Waals surface area contributed by atoms with Gasteiger partial charge in [-0.05, 0) is 36.8 Å². The molecule has 0 saturated carbocycles. The highest BCUT2D eigenvalue weighted by Crippen LogP contribution is 2.31. The van der Waals surface area contributed by atoms with Gasteiger partial charge in [-0.2, -0.15) is 5.10 Å². The summed E-state index contributed by atoms with van der Waals surface area (Å²) >= 11 is 6.52. The van der Waals surface area contributed by atoms with Gasteiger partial charge in [0.25, 0.3) is 0 Å². The Bertz CT molecular complexity index is 1280. The third kappa shape index (κ3) is 3.61. The van der Waals surface area contributed by atoms with Crippen LogP contribution < -0.4 is 14.4 Å². The summed E-state index contributed by atoms with van der Waals surface area (Å²) in [6.45, 7) is 6.47. The van der Waals surface area contributed by atoms with Crippen molar-refractivity contribution in [3.8, 4) is 11.5 Å². The number of anilines is 1. The van der Waals surface area contributed by atoms with Crippen LogP contribution in [0, 0.1) is 6.92 Å². The van der Waals surface area contributed by atoms with Gasteiger partial charge in [-0.25, -0.2) is 9.50 Å². The van der Waals surface area contributed by atoms with Crippen molar-refractivity contribution < 1.29 is 9.47 Å². The topological polar surface area (TPSA) is 55.1 Å². The molecule has 0 unspecified atom stereocenters. The van der Waals surface area contributed by atoms with Crippen molar-refractivity contribution in [3.63, 3.8) is 0 Å². The minimum absolute atomic E-state index is 0.615. The van der Waals surface area contributed by atoms with Crippen LogP contribution in [0.5, 0.6) is 11.5 Å². The van der Waals surface area contributed by atoms with Crippen molar-refractivity contribution in [3.05, 3.63) is 58.7 Å². The summed E-state index contributed by atoms with van der Waals surface area (Å²) in [5.74, 6) is 2.49. The lowest BCUT2D eigenvalue weighted by Gasteiger charge is -2.36. The molecule has 0 aliphatic carbocycles. The van der Waals surface area contributed by atoms with E-state index in [1.54, 1.807) is 14.2 Å². The van der Waals surface area contributed by atoms with Crippen LogP contribution in [0.15, 0.2) is 42.5 Å². The standard InChI is InChI=1S/C24H26ClN5O2/c1-16-22(25)24-26-23(18-6-4-5-7-19(18)30(24)27-16)29-12-10-28(11-13-29)15-17-8-9-20(31-2)21(14-17)32-3/h4-9,14H,10-13,15H2,1-3H3. The molecule has 7 nitrogen and oxygen atoms in total. The van der Waals surface area contributed by atoms with Crippen LogP contribution in [0.3, 0.4) is 0 Å². The zero-order chi connectivity index (χ0) is 22.2. The third-order valence-electron chi connectivity index (χ3n) is 6.08. The molecule has 3 heterocycles. The molecule has 0 N–H and O–H groups in total. The van der Waals surface area contributed by atoms with Gasteiger partial charge in [0.2, 0.25) is 0 Å². The quantitative estimate of drug-likeness (QED) is 0.453. The maximum atomic E-state index is 6.52. The zero-order valence-electron chi connectivity index (χ0n) is 18.5. The monoisotopic (exact) mass is 451 g/mol. The molecule has 0 bridgehead atoms. The largest absolute Gasteiger partial charge is 0.493 e. The number of nitrogens with zero attached hydrogens (tertiary/aromatic N) is 5. The summed E-state index contributed by atoms with van der Waals surface area (Å²) in [6, 6.07) is 14.4. The van der Waals surface area contributed by atoms with E-state index in [4.69, 9.17) is 26.1 Å². The summed E-state index contributed by atoms with van der Waals surface area (Å²) in [5, 5.41) is 6.29. The second kappa shape index (κ2) is 8.48. The third-order valence-corrected chi connectivity index (χ3v) is 6.52. The summed E-state index contributed by atoms with van der Waals surface area (Å²) in [6.07, 6.45) is 0. The van der Waals surface area contributed by atoms with E-state index >= 15 is 0 Å². The Kier molecular flexibility index (Phi) is 5.53. The van der Waals surface area contributed by atoms with Crippen LogP contribution in [-0.2, 0) is 6.54 Å². The fourth-order valence-electron chi connectivity index (χ4n) is 4.36. The Hall–Kier alpha value is -3.03. The number of piperazine rings is 1. The average molecular weight is 452 g/mol. The molecule has 2 aromatic heterocycles. The van der Waals surface area contributed by atoms with Gasteiger partial charge >= 0.3 is 0 Å². The normalized spacial score (nSPS) is 14.9. The second-order valence-electron chi connectivity index (χ2n) is 8.04. The first kappa shape index (κ1) is 20.8. The number of rotatable bonds is 5. The number of methoxy groups -OCH3 is 2. The molecule has 1 saturated heterocycles. The van der Waals surface area contributed by atoms with Crippen LogP contribution in [-0.4, -0.2) is 59.9 Å².